The molecule has 0 aromatic heterocycles. The van der Waals surface area contributed by atoms with E-state index in [1.807, 2.05) is 24.3 Å². The van der Waals surface area contributed by atoms with E-state index in [2.05, 4.69) is 15.8 Å². The summed E-state index contributed by atoms with van der Waals surface area (Å²) in [5, 5.41) is 0. The second-order valence-electron chi connectivity index (χ2n) is 5.07. The smallest absolute Gasteiger partial charge is 0.426 e. The molecule has 6 heteroatoms. The number of amidine groups is 1. The molecule has 19 heavy (non-hydrogen) atoms. The van der Waals surface area contributed by atoms with Crippen molar-refractivity contribution in [3.8, 4) is 5.75 Å². The quantitative estimate of drug-likeness (QED) is 0.703. The zero-order chi connectivity index (χ0) is 13.9. The predicted molar refractivity (Wildman–Crippen MR) is 71.5 cm³/mol. The first-order chi connectivity index (χ1) is 8.94. The number of hydrazine groups is 1. The summed E-state index contributed by atoms with van der Waals surface area (Å²) in [4.78, 5) is 15.8. The third-order valence-electron chi connectivity index (χ3n) is 2.19. The number of fused-ring (bicyclic) bond motifs is 1. The molecule has 2 N–H and O–H groups in total. The molecule has 0 saturated carbocycles. The summed E-state index contributed by atoms with van der Waals surface area (Å²) in [6.45, 7) is 5.66. The van der Waals surface area contributed by atoms with E-state index in [4.69, 9.17) is 9.47 Å². The number of amides is 1. The molecule has 1 amide bonds. The zero-order valence-electron chi connectivity index (χ0n) is 11.2. The maximum Gasteiger partial charge on any atom is 0.426 e. The first-order valence-corrected chi connectivity index (χ1v) is 5.98. The highest BCUT2D eigenvalue weighted by Gasteiger charge is 2.17. The third kappa shape index (κ3) is 3.87. The van der Waals surface area contributed by atoms with Crippen molar-refractivity contribution in [3.63, 3.8) is 0 Å². The van der Waals surface area contributed by atoms with Gasteiger partial charge in [0, 0.05) is 0 Å². The Morgan fingerprint density at radius 3 is 2.84 bits per heavy atom. The van der Waals surface area contributed by atoms with Crippen LogP contribution in [-0.2, 0) is 4.74 Å². The second-order valence-corrected chi connectivity index (χ2v) is 5.07. The SMILES string of the molecule is CC(C)(C)OC(=O)NNC1=Nc2ccccc2OC1. The molecule has 0 aliphatic carbocycles. The minimum absolute atomic E-state index is 0.271. The fraction of sp³-hybridized carbons (Fsp3) is 0.385. The van der Waals surface area contributed by atoms with E-state index in [0.717, 1.165) is 11.4 Å². The summed E-state index contributed by atoms with van der Waals surface area (Å²) in [6.07, 6.45) is -0.561. The molecule has 0 atom stereocenters. The summed E-state index contributed by atoms with van der Waals surface area (Å²) in [7, 11) is 0. The Morgan fingerprint density at radius 1 is 1.37 bits per heavy atom. The van der Waals surface area contributed by atoms with Gasteiger partial charge in [0.1, 0.15) is 23.6 Å². The molecule has 0 spiro atoms. The lowest BCUT2D eigenvalue weighted by molar-refractivity contribution is 0.0512. The highest BCUT2D eigenvalue weighted by molar-refractivity contribution is 5.89. The fourth-order valence-electron chi connectivity index (χ4n) is 1.49. The van der Waals surface area contributed by atoms with Crippen molar-refractivity contribution in [2.45, 2.75) is 26.4 Å². The Morgan fingerprint density at radius 2 is 2.11 bits per heavy atom. The zero-order valence-corrected chi connectivity index (χ0v) is 11.2. The lowest BCUT2D eigenvalue weighted by Crippen LogP contribution is -2.46. The molecule has 0 saturated heterocycles. The van der Waals surface area contributed by atoms with Gasteiger partial charge in [-0.25, -0.2) is 15.2 Å². The van der Waals surface area contributed by atoms with E-state index in [0.29, 0.717) is 5.84 Å². The number of carbonyl (C=O) groups is 1. The number of para-hydroxylation sites is 2. The molecule has 1 aliphatic rings. The molecule has 0 bridgehead atoms. The molecule has 1 heterocycles. The molecule has 1 aromatic carbocycles. The maximum atomic E-state index is 11.5. The number of nitrogens with one attached hydrogen (secondary N) is 2. The van der Waals surface area contributed by atoms with Gasteiger partial charge >= 0.3 is 6.09 Å². The van der Waals surface area contributed by atoms with Crippen LogP contribution in [0.25, 0.3) is 0 Å². The number of nitrogens with zero attached hydrogens (tertiary/aromatic N) is 1. The molecule has 0 unspecified atom stereocenters. The molecule has 6 nitrogen and oxygen atoms in total. The predicted octanol–water partition coefficient (Wildman–Crippen LogP) is 2.14. The number of hydrogen-bond donors (Lipinski definition) is 2. The lowest BCUT2D eigenvalue weighted by atomic mass is 10.2. The van der Waals surface area contributed by atoms with Gasteiger partial charge in [-0.15, -0.1) is 0 Å². The number of rotatable bonds is 0. The Kier molecular flexibility index (Phi) is 3.59. The van der Waals surface area contributed by atoms with Crippen molar-refractivity contribution >= 4 is 17.6 Å². The molecule has 0 fully saturated rings. The van der Waals surface area contributed by atoms with E-state index in [9.17, 15) is 4.79 Å². The largest absolute Gasteiger partial charge is 0.483 e. The van der Waals surface area contributed by atoms with Crippen LogP contribution in [0.3, 0.4) is 0 Å². The third-order valence-corrected chi connectivity index (χ3v) is 2.19. The maximum absolute atomic E-state index is 11.5. The van der Waals surface area contributed by atoms with Crippen LogP contribution in [0.4, 0.5) is 10.5 Å². The van der Waals surface area contributed by atoms with Crippen LogP contribution in [0.1, 0.15) is 20.8 Å². The Hall–Kier alpha value is -2.24. The van der Waals surface area contributed by atoms with Crippen LogP contribution in [-0.4, -0.2) is 24.1 Å². The van der Waals surface area contributed by atoms with Gasteiger partial charge < -0.3 is 9.47 Å². The van der Waals surface area contributed by atoms with Gasteiger partial charge in [-0.1, -0.05) is 12.1 Å². The molecule has 1 aliphatic heterocycles. The highest BCUT2D eigenvalue weighted by Crippen LogP contribution is 2.29. The van der Waals surface area contributed by atoms with E-state index in [1.54, 1.807) is 20.8 Å². The van der Waals surface area contributed by atoms with Crippen molar-refractivity contribution in [2.24, 2.45) is 4.99 Å². The van der Waals surface area contributed by atoms with Crippen molar-refractivity contribution in [1.29, 1.82) is 0 Å². The summed E-state index contributed by atoms with van der Waals surface area (Å²) < 4.78 is 10.6. The minimum atomic E-state index is -0.561. The van der Waals surface area contributed by atoms with E-state index in [-0.39, 0.29) is 6.61 Å². The molecular formula is C13H17N3O3. The topological polar surface area (TPSA) is 72.0 Å². The van der Waals surface area contributed by atoms with Gasteiger partial charge in [0.05, 0.1) is 0 Å². The standard InChI is InChI=1S/C13H17N3O3/c1-13(2,3)19-12(17)16-15-11-8-18-10-7-5-4-6-9(10)14-11/h4-7H,8H2,1-3H3,(H,14,15)(H,16,17). The number of aliphatic imine (C=N–C) groups is 1. The molecular weight excluding hydrogens is 246 g/mol. The molecule has 102 valence electrons. The monoisotopic (exact) mass is 263 g/mol. The summed E-state index contributed by atoms with van der Waals surface area (Å²) in [5.41, 5.74) is 5.29. The van der Waals surface area contributed by atoms with E-state index >= 15 is 0 Å². The lowest BCUT2D eigenvalue weighted by Gasteiger charge is -2.21. The van der Waals surface area contributed by atoms with Crippen LogP contribution >= 0.6 is 0 Å². The minimum Gasteiger partial charge on any atom is -0.483 e. The van der Waals surface area contributed by atoms with Gasteiger partial charge in [0.25, 0.3) is 0 Å². The first-order valence-electron chi connectivity index (χ1n) is 5.98. The summed E-state index contributed by atoms with van der Waals surface area (Å²) in [6, 6.07) is 7.43. The van der Waals surface area contributed by atoms with E-state index in [1.165, 1.54) is 0 Å². The molecule has 0 radical (unpaired) electrons. The average Bonchev–Trinajstić information content (AvgIpc) is 2.34. The van der Waals surface area contributed by atoms with Crippen LogP contribution in [0.5, 0.6) is 5.75 Å². The van der Waals surface area contributed by atoms with E-state index < -0.39 is 11.7 Å². The van der Waals surface area contributed by atoms with Crippen molar-refractivity contribution < 1.29 is 14.3 Å². The summed E-state index contributed by atoms with van der Waals surface area (Å²) >= 11 is 0. The normalized spacial score (nSPS) is 13.7. The van der Waals surface area contributed by atoms with Crippen molar-refractivity contribution in [1.82, 2.24) is 10.9 Å². The average molecular weight is 263 g/mol. The number of benzene rings is 1. The number of carbonyl (C=O) groups excluding carboxylic acids is 1. The Balaban J connectivity index is 1.92. The van der Waals surface area contributed by atoms with Crippen molar-refractivity contribution in [2.75, 3.05) is 6.61 Å². The molecule has 2 rings (SSSR count). The van der Waals surface area contributed by atoms with Gasteiger partial charge in [-0.05, 0) is 32.9 Å². The Labute approximate surface area is 111 Å². The highest BCUT2D eigenvalue weighted by atomic mass is 16.6. The summed E-state index contributed by atoms with van der Waals surface area (Å²) in [5.74, 6) is 1.25. The number of ether oxygens (including phenoxy) is 2. The second kappa shape index (κ2) is 5.17. The van der Waals surface area contributed by atoms with Crippen LogP contribution in [0, 0.1) is 0 Å². The van der Waals surface area contributed by atoms with Gasteiger partial charge in [0.2, 0.25) is 0 Å². The van der Waals surface area contributed by atoms with Crippen LogP contribution < -0.4 is 15.6 Å². The van der Waals surface area contributed by atoms with Crippen molar-refractivity contribution in [3.05, 3.63) is 24.3 Å². The van der Waals surface area contributed by atoms with Gasteiger partial charge in [-0.3, -0.25) is 5.43 Å². The van der Waals surface area contributed by atoms with Gasteiger partial charge in [0.15, 0.2) is 5.84 Å². The number of hydrogen-bond acceptors (Lipinski definition) is 5. The Bertz CT molecular complexity index is 506. The van der Waals surface area contributed by atoms with Crippen LogP contribution in [0.15, 0.2) is 29.3 Å². The first kappa shape index (κ1) is 13.2. The molecule has 1 aromatic rings. The van der Waals surface area contributed by atoms with Crippen LogP contribution in [0.2, 0.25) is 0 Å². The fourth-order valence-corrected chi connectivity index (χ4v) is 1.49. The van der Waals surface area contributed by atoms with Gasteiger partial charge in [-0.2, -0.15) is 0 Å².